The van der Waals surface area contributed by atoms with Crippen molar-refractivity contribution in [1.82, 2.24) is 5.32 Å². The fourth-order valence-corrected chi connectivity index (χ4v) is 1.83. The SMILES string of the molecule is [CH](CC1CCCN1)c1ccccc1. The topological polar surface area (TPSA) is 12.0 Å². The predicted molar refractivity (Wildman–Crippen MR) is 55.5 cm³/mol. The van der Waals surface area contributed by atoms with Crippen molar-refractivity contribution in [3.63, 3.8) is 0 Å². The van der Waals surface area contributed by atoms with Crippen molar-refractivity contribution in [2.45, 2.75) is 25.3 Å². The number of hydrogen-bond donors (Lipinski definition) is 1. The van der Waals surface area contributed by atoms with Crippen LogP contribution < -0.4 is 5.32 Å². The third kappa shape index (κ3) is 2.56. The van der Waals surface area contributed by atoms with Gasteiger partial charge in [-0.1, -0.05) is 30.3 Å². The molecular weight excluding hydrogens is 158 g/mol. The number of benzene rings is 1. The highest BCUT2D eigenvalue weighted by molar-refractivity contribution is 5.22. The van der Waals surface area contributed by atoms with E-state index in [1.165, 1.54) is 31.4 Å². The standard InChI is InChI=1S/C12H16N/c1-2-5-11(6-3-1)8-9-12-7-4-10-13-12/h1-3,5-6,8,12-13H,4,7,9-10H2. The van der Waals surface area contributed by atoms with Crippen LogP contribution in [-0.4, -0.2) is 12.6 Å². The molecule has 1 aliphatic heterocycles. The normalized spacial score (nSPS) is 22.0. The molecular formula is C12H16N. The zero-order valence-corrected chi connectivity index (χ0v) is 7.87. The second kappa shape index (κ2) is 4.43. The van der Waals surface area contributed by atoms with E-state index in [4.69, 9.17) is 0 Å². The Hall–Kier alpha value is -0.820. The van der Waals surface area contributed by atoms with E-state index in [2.05, 4.69) is 42.1 Å². The van der Waals surface area contributed by atoms with Crippen LogP contribution in [0.15, 0.2) is 30.3 Å². The Morgan fingerprint density at radius 2 is 2.15 bits per heavy atom. The van der Waals surface area contributed by atoms with Gasteiger partial charge in [-0.05, 0) is 37.8 Å². The van der Waals surface area contributed by atoms with Gasteiger partial charge in [-0.15, -0.1) is 0 Å². The highest BCUT2D eigenvalue weighted by Gasteiger charge is 2.13. The van der Waals surface area contributed by atoms with E-state index in [0.29, 0.717) is 0 Å². The Kier molecular flexibility index (Phi) is 2.98. The summed E-state index contributed by atoms with van der Waals surface area (Å²) in [6, 6.07) is 11.3. The molecule has 1 aromatic rings. The fourth-order valence-electron chi connectivity index (χ4n) is 1.83. The molecule has 1 fully saturated rings. The summed E-state index contributed by atoms with van der Waals surface area (Å²) in [6.45, 7) is 1.20. The summed E-state index contributed by atoms with van der Waals surface area (Å²) in [5.74, 6) is 0. The molecule has 1 nitrogen and oxygen atoms in total. The molecule has 1 radical (unpaired) electrons. The Balaban J connectivity index is 1.79. The van der Waals surface area contributed by atoms with Crippen molar-refractivity contribution in [3.8, 4) is 0 Å². The van der Waals surface area contributed by atoms with Crippen LogP contribution in [0.3, 0.4) is 0 Å². The van der Waals surface area contributed by atoms with Crippen LogP contribution in [0.1, 0.15) is 24.8 Å². The second-order valence-corrected chi connectivity index (χ2v) is 3.64. The molecule has 0 aliphatic carbocycles. The molecule has 0 aromatic heterocycles. The van der Waals surface area contributed by atoms with Gasteiger partial charge in [-0.3, -0.25) is 0 Å². The minimum Gasteiger partial charge on any atom is -0.314 e. The van der Waals surface area contributed by atoms with E-state index in [1.807, 2.05) is 0 Å². The minimum absolute atomic E-state index is 0.722. The maximum Gasteiger partial charge on any atom is 0.00735 e. The Morgan fingerprint density at radius 1 is 1.31 bits per heavy atom. The van der Waals surface area contributed by atoms with Gasteiger partial charge in [0.15, 0.2) is 0 Å². The third-order valence-corrected chi connectivity index (χ3v) is 2.60. The maximum atomic E-state index is 3.50. The second-order valence-electron chi connectivity index (χ2n) is 3.64. The molecule has 0 bridgehead atoms. The molecule has 1 saturated heterocycles. The van der Waals surface area contributed by atoms with Gasteiger partial charge in [0.2, 0.25) is 0 Å². The van der Waals surface area contributed by atoms with Crippen LogP contribution in [0.4, 0.5) is 0 Å². The third-order valence-electron chi connectivity index (χ3n) is 2.60. The largest absolute Gasteiger partial charge is 0.314 e. The first-order chi connectivity index (χ1) is 6.45. The molecule has 1 heterocycles. The molecule has 1 aliphatic rings. The van der Waals surface area contributed by atoms with Crippen molar-refractivity contribution >= 4 is 0 Å². The number of rotatable bonds is 3. The molecule has 1 heteroatoms. The average Bonchev–Trinajstić information content (AvgIpc) is 2.69. The van der Waals surface area contributed by atoms with E-state index in [-0.39, 0.29) is 0 Å². The first-order valence-corrected chi connectivity index (χ1v) is 5.07. The molecule has 0 saturated carbocycles. The Bertz CT molecular complexity index is 237. The fraction of sp³-hybridized carbons (Fsp3) is 0.417. The van der Waals surface area contributed by atoms with Crippen molar-refractivity contribution in [1.29, 1.82) is 0 Å². The van der Waals surface area contributed by atoms with Crippen LogP contribution in [-0.2, 0) is 0 Å². The first kappa shape index (κ1) is 8.76. The van der Waals surface area contributed by atoms with Gasteiger partial charge < -0.3 is 5.32 Å². The van der Waals surface area contributed by atoms with Crippen molar-refractivity contribution in [3.05, 3.63) is 42.3 Å². The smallest absolute Gasteiger partial charge is 0.00735 e. The van der Waals surface area contributed by atoms with Crippen molar-refractivity contribution < 1.29 is 0 Å². The number of hydrogen-bond acceptors (Lipinski definition) is 1. The molecule has 0 amide bonds. The van der Waals surface area contributed by atoms with Crippen LogP contribution in [0, 0.1) is 6.42 Å². The lowest BCUT2D eigenvalue weighted by Crippen LogP contribution is -2.21. The van der Waals surface area contributed by atoms with Crippen molar-refractivity contribution in [2.24, 2.45) is 0 Å². The Labute approximate surface area is 80.2 Å². The molecule has 69 valence electrons. The van der Waals surface area contributed by atoms with Crippen molar-refractivity contribution in [2.75, 3.05) is 6.54 Å². The van der Waals surface area contributed by atoms with Crippen LogP contribution in [0.25, 0.3) is 0 Å². The lowest BCUT2D eigenvalue weighted by Gasteiger charge is -2.08. The molecule has 1 atom stereocenters. The van der Waals surface area contributed by atoms with Gasteiger partial charge in [0, 0.05) is 6.04 Å². The maximum absolute atomic E-state index is 3.50. The summed E-state index contributed by atoms with van der Waals surface area (Å²) < 4.78 is 0. The summed E-state index contributed by atoms with van der Waals surface area (Å²) in [5, 5.41) is 3.50. The van der Waals surface area contributed by atoms with Crippen LogP contribution in [0.5, 0.6) is 0 Å². The molecule has 1 aromatic carbocycles. The molecule has 1 unspecified atom stereocenters. The molecule has 13 heavy (non-hydrogen) atoms. The van der Waals surface area contributed by atoms with E-state index < -0.39 is 0 Å². The van der Waals surface area contributed by atoms with Gasteiger partial charge in [-0.25, -0.2) is 0 Å². The summed E-state index contributed by atoms with van der Waals surface area (Å²) in [6.07, 6.45) is 6.17. The quantitative estimate of drug-likeness (QED) is 0.742. The molecule has 2 rings (SSSR count). The summed E-state index contributed by atoms with van der Waals surface area (Å²) in [4.78, 5) is 0. The van der Waals surface area contributed by atoms with Gasteiger partial charge in [0.05, 0.1) is 0 Å². The van der Waals surface area contributed by atoms with E-state index in [9.17, 15) is 0 Å². The van der Waals surface area contributed by atoms with Crippen LogP contribution in [0.2, 0.25) is 0 Å². The van der Waals surface area contributed by atoms with Gasteiger partial charge in [-0.2, -0.15) is 0 Å². The monoisotopic (exact) mass is 174 g/mol. The Morgan fingerprint density at radius 3 is 2.85 bits per heavy atom. The first-order valence-electron chi connectivity index (χ1n) is 5.07. The number of nitrogens with one attached hydrogen (secondary N) is 1. The zero-order chi connectivity index (χ0) is 8.93. The lowest BCUT2D eigenvalue weighted by molar-refractivity contribution is 0.601. The minimum atomic E-state index is 0.722. The zero-order valence-electron chi connectivity index (χ0n) is 7.87. The van der Waals surface area contributed by atoms with E-state index in [1.54, 1.807) is 0 Å². The predicted octanol–water partition coefficient (Wildman–Crippen LogP) is 2.38. The highest BCUT2D eigenvalue weighted by atomic mass is 14.9. The lowest BCUT2D eigenvalue weighted by atomic mass is 10.0. The molecule has 1 N–H and O–H groups in total. The van der Waals surface area contributed by atoms with E-state index in [0.717, 1.165) is 6.04 Å². The van der Waals surface area contributed by atoms with Gasteiger partial charge in [0.25, 0.3) is 0 Å². The summed E-state index contributed by atoms with van der Waals surface area (Å²) >= 11 is 0. The molecule has 0 spiro atoms. The van der Waals surface area contributed by atoms with E-state index >= 15 is 0 Å². The summed E-state index contributed by atoms with van der Waals surface area (Å²) in [5.41, 5.74) is 1.34. The van der Waals surface area contributed by atoms with Crippen LogP contribution >= 0.6 is 0 Å². The highest BCUT2D eigenvalue weighted by Crippen LogP contribution is 2.13. The van der Waals surface area contributed by atoms with Gasteiger partial charge >= 0.3 is 0 Å². The average molecular weight is 174 g/mol. The van der Waals surface area contributed by atoms with Gasteiger partial charge in [0.1, 0.15) is 0 Å². The summed E-state index contributed by atoms with van der Waals surface area (Å²) in [7, 11) is 0.